The minimum absolute atomic E-state index is 0.296. The van der Waals surface area contributed by atoms with E-state index in [1.165, 1.54) is 0 Å². The normalized spacial score (nSPS) is 12.6. The third-order valence-corrected chi connectivity index (χ3v) is 6.02. The van der Waals surface area contributed by atoms with Crippen LogP contribution >= 0.6 is 0 Å². The predicted molar refractivity (Wildman–Crippen MR) is 98.6 cm³/mol. The number of nitrogens with zero attached hydrogens (tertiary/aromatic N) is 3. The summed E-state index contributed by atoms with van der Waals surface area (Å²) >= 11 is 0. The minimum atomic E-state index is -6.72. The van der Waals surface area contributed by atoms with Gasteiger partial charge in [0.25, 0.3) is 0 Å². The Labute approximate surface area is 180 Å². The molecular weight excluding hydrogens is 496 g/mol. The number of alkyl halides is 6. The van der Waals surface area contributed by atoms with Gasteiger partial charge in [-0.3, -0.25) is 0 Å². The fourth-order valence-electron chi connectivity index (χ4n) is 1.66. The van der Waals surface area contributed by atoms with Crippen molar-refractivity contribution in [2.45, 2.75) is 50.8 Å². The van der Waals surface area contributed by atoms with E-state index in [-0.39, 0.29) is 5.97 Å². The molecule has 0 radical (unpaired) electrons. The molecule has 0 aliphatic carbocycles. The Morgan fingerprint density at radius 3 is 1.94 bits per heavy atom. The van der Waals surface area contributed by atoms with Crippen molar-refractivity contribution < 1.29 is 57.3 Å². The number of rotatable bonds is 9. The van der Waals surface area contributed by atoms with Gasteiger partial charge in [-0.2, -0.15) is 26.3 Å². The number of ether oxygens (including phenoxy) is 1. The molecule has 0 atom stereocenters. The molecule has 0 saturated carbocycles. The van der Waals surface area contributed by atoms with Crippen LogP contribution in [0.1, 0.15) is 26.7 Å². The molecule has 32 heavy (non-hydrogen) atoms. The molecule has 0 spiro atoms. The van der Waals surface area contributed by atoms with Crippen molar-refractivity contribution in [1.82, 2.24) is 4.57 Å². The molecule has 0 N–H and O–H groups in total. The smallest absolute Gasteiger partial charge is 0.462 e. The van der Waals surface area contributed by atoms with Crippen LogP contribution in [0.5, 0.6) is 0 Å². The van der Waals surface area contributed by atoms with Gasteiger partial charge in [-0.1, -0.05) is 6.58 Å². The summed E-state index contributed by atoms with van der Waals surface area (Å²) in [4.78, 5) is 11.1. The molecule has 0 amide bonds. The molecule has 0 aliphatic heterocycles. The molecule has 1 rings (SSSR count). The number of hydrogen-bond acceptors (Lipinski definition) is 6. The van der Waals surface area contributed by atoms with Gasteiger partial charge in [-0.15, -0.1) is 0 Å². The first-order valence-electron chi connectivity index (χ1n) is 8.58. The first-order valence-corrected chi connectivity index (χ1v) is 11.5. The molecule has 1 heterocycles. The van der Waals surface area contributed by atoms with Crippen LogP contribution in [0.3, 0.4) is 0 Å². The van der Waals surface area contributed by atoms with Gasteiger partial charge in [-0.05, 0) is 26.7 Å². The van der Waals surface area contributed by atoms with Crippen molar-refractivity contribution in [3.63, 3.8) is 0 Å². The average molecular weight is 517 g/mol. The van der Waals surface area contributed by atoms with E-state index in [1.54, 1.807) is 6.92 Å². The number of esters is 1. The van der Waals surface area contributed by atoms with Crippen LogP contribution in [0.4, 0.5) is 26.3 Å². The molecule has 0 aromatic carbocycles. The number of unbranched alkanes of at least 4 members (excludes halogenated alkanes) is 1. The zero-order chi connectivity index (χ0) is 25.4. The first kappa shape index (κ1) is 29.9. The second kappa shape index (κ2) is 11.6. The summed E-state index contributed by atoms with van der Waals surface area (Å²) in [6.45, 7) is 9.72. The summed E-state index contributed by atoms with van der Waals surface area (Å²) < 4.78 is 118. The molecule has 0 aliphatic rings. The Kier molecular flexibility index (Phi) is 10.9. The number of halogens is 6. The lowest BCUT2D eigenvalue weighted by molar-refractivity contribution is -0.696. The molecule has 0 saturated heterocycles. The van der Waals surface area contributed by atoms with Crippen LogP contribution in [0.2, 0.25) is 0 Å². The van der Waals surface area contributed by atoms with Crippen LogP contribution in [-0.2, 0) is 42.7 Å². The number of aromatic nitrogens is 2. The molecule has 1 aromatic rings. The third-order valence-electron chi connectivity index (χ3n) is 3.28. The largest absolute Gasteiger partial charge is 0.480 e. The van der Waals surface area contributed by atoms with Crippen molar-refractivity contribution in [3.8, 4) is 0 Å². The number of hydrogen-bond donors (Lipinski definition) is 0. The maximum atomic E-state index is 11.4. The number of carbonyl (C=O) groups excluding carboxylic acids is 1. The van der Waals surface area contributed by atoms with E-state index >= 15 is 0 Å². The lowest BCUT2D eigenvalue weighted by Crippen LogP contribution is -2.31. The van der Waals surface area contributed by atoms with Gasteiger partial charge in [0, 0.05) is 5.57 Å². The van der Waals surface area contributed by atoms with E-state index in [0.717, 1.165) is 30.1 Å². The van der Waals surface area contributed by atoms with Gasteiger partial charge in [-0.25, -0.2) is 30.8 Å². The molecule has 17 heteroatoms. The van der Waals surface area contributed by atoms with Gasteiger partial charge in [0.05, 0.1) is 19.7 Å². The summed E-state index contributed by atoms with van der Waals surface area (Å²) in [6, 6.07) is 0. The highest BCUT2D eigenvalue weighted by molar-refractivity contribution is 8.13. The molecule has 0 fully saturated rings. The Bertz CT molecular complexity index is 942. The van der Waals surface area contributed by atoms with Gasteiger partial charge in [0.15, 0.2) is 20.0 Å². The lowest BCUT2D eigenvalue weighted by atomic mass is 10.3. The maximum absolute atomic E-state index is 11.4. The van der Waals surface area contributed by atoms with E-state index in [0.29, 0.717) is 12.2 Å². The highest BCUT2D eigenvalue weighted by atomic mass is 32.3. The monoisotopic (exact) mass is 517 g/mol. The number of sulfonamides is 2. The van der Waals surface area contributed by atoms with Crippen LogP contribution in [0, 0.1) is 0 Å². The first-order chi connectivity index (χ1) is 14.3. The minimum Gasteiger partial charge on any atom is -0.462 e. The molecule has 9 nitrogen and oxygen atoms in total. The topological polar surface area (TPSA) is 117 Å². The summed E-state index contributed by atoms with van der Waals surface area (Å²) in [5, 5.41) is 0. The third kappa shape index (κ3) is 9.99. The van der Waals surface area contributed by atoms with Crippen molar-refractivity contribution in [2.75, 3.05) is 6.61 Å². The quantitative estimate of drug-likeness (QED) is 0.164. The van der Waals surface area contributed by atoms with Crippen molar-refractivity contribution >= 4 is 26.0 Å². The van der Waals surface area contributed by atoms with E-state index in [9.17, 15) is 48.0 Å². The molecule has 1 aromatic heterocycles. The SMILES string of the molecule is C=C(C)C(=O)OCCCC[n+]1ccn(CC)c1.O=S(=O)([N-]S(=O)(=O)C(F)(F)F)C(F)(F)F. The second-order valence-corrected chi connectivity index (χ2v) is 9.44. The van der Waals surface area contributed by atoms with E-state index in [4.69, 9.17) is 4.74 Å². The molecule has 0 unspecified atom stereocenters. The van der Waals surface area contributed by atoms with Crippen molar-refractivity contribution in [3.05, 3.63) is 35.0 Å². The summed E-state index contributed by atoms with van der Waals surface area (Å²) in [5.41, 5.74) is -11.9. The summed E-state index contributed by atoms with van der Waals surface area (Å²) in [6.07, 6.45) is 8.08. The highest BCUT2D eigenvalue weighted by Gasteiger charge is 2.46. The van der Waals surface area contributed by atoms with Crippen LogP contribution in [0.15, 0.2) is 30.9 Å². The fraction of sp³-hybridized carbons (Fsp3) is 0.600. The highest BCUT2D eigenvalue weighted by Crippen LogP contribution is 2.36. The molecular formula is C15H21F6N3O6S2. The van der Waals surface area contributed by atoms with Crippen molar-refractivity contribution in [2.24, 2.45) is 0 Å². The molecule has 186 valence electrons. The number of imidazole rings is 1. The lowest BCUT2D eigenvalue weighted by Gasteiger charge is -2.22. The average Bonchev–Trinajstić information content (AvgIpc) is 3.07. The van der Waals surface area contributed by atoms with Crippen LogP contribution < -0.4 is 4.57 Å². The Balaban J connectivity index is 0.000000607. The maximum Gasteiger partial charge on any atom is 0.480 e. The zero-order valence-corrected chi connectivity index (χ0v) is 18.5. The van der Waals surface area contributed by atoms with Gasteiger partial charge >= 0.3 is 17.0 Å². The van der Waals surface area contributed by atoms with E-state index in [2.05, 4.69) is 41.4 Å². The van der Waals surface area contributed by atoms with Crippen LogP contribution in [0.25, 0.3) is 4.13 Å². The van der Waals surface area contributed by atoms with Gasteiger partial charge in [0.1, 0.15) is 12.4 Å². The van der Waals surface area contributed by atoms with Crippen LogP contribution in [-0.4, -0.2) is 45.0 Å². The standard InChI is InChI=1S/C13H21N2O2.C2F6NO4S2/c1-4-14-8-9-15(11-14)7-5-6-10-17-13(16)12(2)3;3-1(4,5)14(10,11)9-15(12,13)2(6,7)8/h8-9,11H,2,4-7,10H2,1,3H3;/q+1;-1. The number of aryl methyl sites for hydroxylation is 2. The number of carbonyl (C=O) groups is 1. The van der Waals surface area contributed by atoms with E-state index in [1.807, 2.05) is 0 Å². The Morgan fingerprint density at radius 1 is 1.06 bits per heavy atom. The summed E-state index contributed by atoms with van der Waals surface area (Å²) in [5.74, 6) is -0.296. The Hall–Kier alpha value is -2.14. The predicted octanol–water partition coefficient (Wildman–Crippen LogP) is 2.75. The van der Waals surface area contributed by atoms with Gasteiger partial charge < -0.3 is 8.86 Å². The second-order valence-electron chi connectivity index (χ2n) is 6.02. The molecule has 0 bridgehead atoms. The van der Waals surface area contributed by atoms with Crippen molar-refractivity contribution in [1.29, 1.82) is 0 Å². The summed E-state index contributed by atoms with van der Waals surface area (Å²) in [7, 11) is -13.4. The van der Waals surface area contributed by atoms with E-state index < -0.39 is 31.1 Å². The fourth-order valence-corrected chi connectivity index (χ4v) is 3.37. The Morgan fingerprint density at radius 2 is 1.56 bits per heavy atom. The van der Waals surface area contributed by atoms with Gasteiger partial charge in [0.2, 0.25) is 6.33 Å². The zero-order valence-electron chi connectivity index (χ0n) is 16.9.